The fourth-order valence-electron chi connectivity index (χ4n) is 3.62. The molecule has 2 N–H and O–H groups in total. The average molecular weight is 387 g/mol. The lowest BCUT2D eigenvalue weighted by Gasteiger charge is -2.32. The van der Waals surface area contributed by atoms with Crippen molar-refractivity contribution in [2.45, 2.75) is 38.8 Å². The third kappa shape index (κ3) is 5.08. The van der Waals surface area contributed by atoms with Crippen LogP contribution in [-0.4, -0.2) is 64.3 Å². The molecule has 0 saturated carbocycles. The Labute approximate surface area is 165 Å². The number of aryl methyl sites for hydroxylation is 1. The van der Waals surface area contributed by atoms with Gasteiger partial charge in [0, 0.05) is 26.2 Å². The number of aromatic nitrogens is 3. The Balaban J connectivity index is 1.59. The van der Waals surface area contributed by atoms with Crippen molar-refractivity contribution in [1.82, 2.24) is 25.2 Å². The standard InChI is InChI=1S/C20H29N5O3/c1-15-11-16(6-7-19(15)28-2)12-24-9-3-5-17(13-24)25-14-18(22-23-25)20(27)21-8-4-10-26/h6-7,11,14,17,26H,3-5,8-10,12-13H2,1-2H3,(H,21,27). The quantitative estimate of drug-likeness (QED) is 0.668. The minimum atomic E-state index is -0.249. The number of amides is 1. The maximum absolute atomic E-state index is 12.1. The van der Waals surface area contributed by atoms with E-state index in [1.807, 2.05) is 10.7 Å². The first-order valence-corrected chi connectivity index (χ1v) is 9.77. The zero-order chi connectivity index (χ0) is 19.9. The normalized spacial score (nSPS) is 17.5. The van der Waals surface area contributed by atoms with Crippen molar-refractivity contribution in [3.8, 4) is 5.75 Å². The van der Waals surface area contributed by atoms with E-state index in [0.29, 0.717) is 18.7 Å². The van der Waals surface area contributed by atoms with Gasteiger partial charge in [0.05, 0.1) is 19.3 Å². The maximum atomic E-state index is 12.1. The van der Waals surface area contributed by atoms with E-state index in [2.05, 4.69) is 39.6 Å². The molecule has 3 rings (SSSR count). The number of carbonyl (C=O) groups is 1. The summed E-state index contributed by atoms with van der Waals surface area (Å²) < 4.78 is 7.15. The van der Waals surface area contributed by atoms with Crippen molar-refractivity contribution >= 4 is 5.91 Å². The van der Waals surface area contributed by atoms with Crippen LogP contribution in [0.2, 0.25) is 0 Å². The van der Waals surface area contributed by atoms with Crippen molar-refractivity contribution in [1.29, 1.82) is 0 Å². The lowest BCUT2D eigenvalue weighted by atomic mass is 10.0. The van der Waals surface area contributed by atoms with Crippen LogP contribution in [0.4, 0.5) is 0 Å². The predicted molar refractivity (Wildman–Crippen MR) is 105 cm³/mol. The second-order valence-electron chi connectivity index (χ2n) is 7.25. The molecule has 28 heavy (non-hydrogen) atoms. The summed E-state index contributed by atoms with van der Waals surface area (Å²) in [6.45, 7) is 5.35. The first-order valence-electron chi connectivity index (χ1n) is 9.77. The number of rotatable bonds is 8. The number of likely N-dealkylation sites (tertiary alicyclic amines) is 1. The molecule has 1 atom stereocenters. The molecule has 2 heterocycles. The Morgan fingerprint density at radius 3 is 3.04 bits per heavy atom. The van der Waals surface area contributed by atoms with E-state index >= 15 is 0 Å². The lowest BCUT2D eigenvalue weighted by Crippen LogP contribution is -2.36. The van der Waals surface area contributed by atoms with Gasteiger partial charge in [-0.05, 0) is 49.9 Å². The predicted octanol–water partition coefficient (Wildman–Crippen LogP) is 1.54. The van der Waals surface area contributed by atoms with E-state index in [-0.39, 0.29) is 18.6 Å². The summed E-state index contributed by atoms with van der Waals surface area (Å²) in [7, 11) is 1.69. The Kier molecular flexibility index (Phi) is 7.00. The van der Waals surface area contributed by atoms with Gasteiger partial charge in [-0.3, -0.25) is 9.69 Å². The molecule has 1 unspecified atom stereocenters. The van der Waals surface area contributed by atoms with Gasteiger partial charge in [0.25, 0.3) is 5.91 Å². The van der Waals surface area contributed by atoms with Crippen LogP contribution in [0, 0.1) is 6.92 Å². The van der Waals surface area contributed by atoms with Gasteiger partial charge in [0.2, 0.25) is 0 Å². The molecule has 8 heteroatoms. The van der Waals surface area contributed by atoms with Gasteiger partial charge in [0.15, 0.2) is 5.69 Å². The van der Waals surface area contributed by atoms with Crippen LogP contribution in [0.25, 0.3) is 0 Å². The number of aliphatic hydroxyl groups is 1. The number of hydrogen-bond acceptors (Lipinski definition) is 6. The van der Waals surface area contributed by atoms with E-state index in [1.54, 1.807) is 13.3 Å². The molecule has 0 bridgehead atoms. The van der Waals surface area contributed by atoms with Crippen LogP contribution >= 0.6 is 0 Å². The maximum Gasteiger partial charge on any atom is 0.273 e. The van der Waals surface area contributed by atoms with Crippen LogP contribution in [-0.2, 0) is 6.54 Å². The number of benzene rings is 1. The van der Waals surface area contributed by atoms with Crippen molar-refractivity contribution in [2.75, 3.05) is 33.4 Å². The number of piperidine rings is 1. The molecule has 0 spiro atoms. The van der Waals surface area contributed by atoms with Gasteiger partial charge in [-0.25, -0.2) is 4.68 Å². The van der Waals surface area contributed by atoms with E-state index in [9.17, 15) is 4.79 Å². The minimum absolute atomic E-state index is 0.0542. The molecule has 2 aromatic rings. The summed E-state index contributed by atoms with van der Waals surface area (Å²) >= 11 is 0. The molecule has 1 fully saturated rings. The van der Waals surface area contributed by atoms with Gasteiger partial charge < -0.3 is 15.2 Å². The van der Waals surface area contributed by atoms with Crippen LogP contribution in [0.3, 0.4) is 0 Å². The molecule has 1 amide bonds. The third-order valence-corrected chi connectivity index (χ3v) is 5.08. The molecule has 152 valence electrons. The molecule has 1 aliphatic heterocycles. The topological polar surface area (TPSA) is 92.5 Å². The smallest absolute Gasteiger partial charge is 0.273 e. The highest BCUT2D eigenvalue weighted by Crippen LogP contribution is 2.24. The highest BCUT2D eigenvalue weighted by atomic mass is 16.5. The van der Waals surface area contributed by atoms with Crippen LogP contribution in [0.1, 0.15) is 46.9 Å². The molecule has 0 radical (unpaired) electrons. The Morgan fingerprint density at radius 2 is 2.29 bits per heavy atom. The van der Waals surface area contributed by atoms with Gasteiger partial charge >= 0.3 is 0 Å². The minimum Gasteiger partial charge on any atom is -0.496 e. The molecular weight excluding hydrogens is 358 g/mol. The molecule has 1 aromatic carbocycles. The Bertz CT molecular complexity index is 792. The molecule has 1 aromatic heterocycles. The molecule has 1 saturated heterocycles. The number of carbonyl (C=O) groups excluding carboxylic acids is 1. The highest BCUT2D eigenvalue weighted by molar-refractivity contribution is 5.91. The van der Waals surface area contributed by atoms with Crippen molar-refractivity contribution in [3.63, 3.8) is 0 Å². The van der Waals surface area contributed by atoms with Gasteiger partial charge in [-0.1, -0.05) is 17.3 Å². The fraction of sp³-hybridized carbons (Fsp3) is 0.550. The van der Waals surface area contributed by atoms with E-state index in [0.717, 1.165) is 43.8 Å². The zero-order valence-electron chi connectivity index (χ0n) is 16.6. The van der Waals surface area contributed by atoms with Crippen molar-refractivity contribution in [3.05, 3.63) is 41.2 Å². The number of aliphatic hydroxyl groups excluding tert-OH is 1. The number of hydrogen-bond donors (Lipinski definition) is 2. The zero-order valence-corrected chi connectivity index (χ0v) is 16.6. The molecule has 8 nitrogen and oxygen atoms in total. The van der Waals surface area contributed by atoms with E-state index in [1.165, 1.54) is 5.56 Å². The van der Waals surface area contributed by atoms with Gasteiger partial charge in [-0.15, -0.1) is 5.10 Å². The van der Waals surface area contributed by atoms with Gasteiger partial charge in [0.1, 0.15) is 5.75 Å². The number of nitrogens with one attached hydrogen (secondary N) is 1. The number of nitrogens with zero attached hydrogens (tertiary/aromatic N) is 4. The fourth-order valence-corrected chi connectivity index (χ4v) is 3.62. The SMILES string of the molecule is COc1ccc(CN2CCCC(n3cc(C(=O)NCCCO)nn3)C2)cc1C. The Hall–Kier alpha value is -2.45. The van der Waals surface area contributed by atoms with Crippen LogP contribution in [0.5, 0.6) is 5.75 Å². The molecule has 0 aliphatic carbocycles. The first-order chi connectivity index (χ1) is 13.6. The lowest BCUT2D eigenvalue weighted by molar-refractivity contribution is 0.0946. The largest absolute Gasteiger partial charge is 0.496 e. The monoisotopic (exact) mass is 387 g/mol. The molecular formula is C20H29N5O3. The first kappa shape index (κ1) is 20.3. The summed E-state index contributed by atoms with van der Waals surface area (Å²) in [4.78, 5) is 14.5. The van der Waals surface area contributed by atoms with E-state index in [4.69, 9.17) is 9.84 Å². The molecule has 1 aliphatic rings. The summed E-state index contributed by atoms with van der Waals surface area (Å²) in [6, 6.07) is 6.51. The summed E-state index contributed by atoms with van der Waals surface area (Å²) in [5, 5.41) is 19.7. The second-order valence-corrected chi connectivity index (χ2v) is 7.25. The van der Waals surface area contributed by atoms with Crippen LogP contribution in [0.15, 0.2) is 24.4 Å². The second kappa shape index (κ2) is 9.66. The highest BCUT2D eigenvalue weighted by Gasteiger charge is 2.23. The summed E-state index contributed by atoms with van der Waals surface area (Å²) in [5.41, 5.74) is 2.73. The average Bonchev–Trinajstić information content (AvgIpc) is 3.19. The van der Waals surface area contributed by atoms with Crippen molar-refractivity contribution < 1.29 is 14.6 Å². The van der Waals surface area contributed by atoms with Gasteiger partial charge in [-0.2, -0.15) is 0 Å². The Morgan fingerprint density at radius 1 is 1.43 bits per heavy atom. The third-order valence-electron chi connectivity index (χ3n) is 5.08. The number of methoxy groups -OCH3 is 1. The van der Waals surface area contributed by atoms with Crippen LogP contribution < -0.4 is 10.1 Å². The van der Waals surface area contributed by atoms with Crippen molar-refractivity contribution in [2.24, 2.45) is 0 Å². The summed E-state index contributed by atoms with van der Waals surface area (Å²) in [5.74, 6) is 0.661. The number of ether oxygens (including phenoxy) is 1. The van der Waals surface area contributed by atoms with E-state index < -0.39 is 0 Å². The summed E-state index contributed by atoms with van der Waals surface area (Å²) in [6.07, 6.45) is 4.35.